The maximum Gasteiger partial charge on any atom is 0.133 e. The van der Waals surface area contributed by atoms with Gasteiger partial charge in [-0.25, -0.2) is 9.97 Å². The quantitative estimate of drug-likeness (QED) is 0.890. The van der Waals surface area contributed by atoms with E-state index in [1.807, 2.05) is 12.3 Å². The summed E-state index contributed by atoms with van der Waals surface area (Å²) in [4.78, 5) is 11.3. The average molecular weight is 249 g/mol. The van der Waals surface area contributed by atoms with E-state index in [-0.39, 0.29) is 6.61 Å². The lowest BCUT2D eigenvalue weighted by molar-refractivity contribution is 0.262. The SMILES string of the molecule is CC(C)c1nccc(N2CCCCC2CCO)n1. The van der Waals surface area contributed by atoms with E-state index in [1.165, 1.54) is 12.8 Å². The van der Waals surface area contributed by atoms with Gasteiger partial charge in [0.05, 0.1) is 0 Å². The van der Waals surface area contributed by atoms with Crippen LogP contribution in [0, 0.1) is 0 Å². The monoisotopic (exact) mass is 249 g/mol. The molecule has 0 saturated carbocycles. The third-order valence-electron chi connectivity index (χ3n) is 3.56. The molecule has 1 unspecified atom stereocenters. The second-order valence-electron chi connectivity index (χ2n) is 5.28. The topological polar surface area (TPSA) is 49.2 Å². The Labute approximate surface area is 109 Å². The lowest BCUT2D eigenvalue weighted by Gasteiger charge is -2.36. The lowest BCUT2D eigenvalue weighted by Crippen LogP contribution is -2.40. The van der Waals surface area contributed by atoms with Gasteiger partial charge in [-0.3, -0.25) is 0 Å². The summed E-state index contributed by atoms with van der Waals surface area (Å²) in [5.41, 5.74) is 0. The van der Waals surface area contributed by atoms with Crippen LogP contribution in [-0.2, 0) is 0 Å². The Balaban J connectivity index is 2.19. The number of piperidine rings is 1. The molecule has 4 nitrogen and oxygen atoms in total. The molecular weight excluding hydrogens is 226 g/mol. The van der Waals surface area contributed by atoms with Gasteiger partial charge < -0.3 is 10.0 Å². The molecule has 0 bridgehead atoms. The molecule has 0 radical (unpaired) electrons. The minimum absolute atomic E-state index is 0.253. The molecule has 1 aliphatic rings. The van der Waals surface area contributed by atoms with Gasteiger partial charge in [-0.2, -0.15) is 0 Å². The van der Waals surface area contributed by atoms with Gasteiger partial charge >= 0.3 is 0 Å². The lowest BCUT2D eigenvalue weighted by atomic mass is 9.99. The molecule has 1 aliphatic heterocycles. The van der Waals surface area contributed by atoms with Crippen molar-refractivity contribution in [2.45, 2.75) is 51.5 Å². The summed E-state index contributed by atoms with van der Waals surface area (Å²) in [5.74, 6) is 2.28. The van der Waals surface area contributed by atoms with Crippen LogP contribution in [0.25, 0.3) is 0 Å². The number of nitrogens with zero attached hydrogens (tertiary/aromatic N) is 3. The normalized spacial score (nSPS) is 20.4. The molecule has 1 aromatic rings. The van der Waals surface area contributed by atoms with Gasteiger partial charge in [0.15, 0.2) is 0 Å². The molecule has 100 valence electrons. The Morgan fingerprint density at radius 2 is 2.28 bits per heavy atom. The fourth-order valence-corrected chi connectivity index (χ4v) is 2.55. The molecule has 4 heteroatoms. The van der Waals surface area contributed by atoms with Crippen LogP contribution < -0.4 is 4.90 Å². The average Bonchev–Trinajstić information content (AvgIpc) is 2.40. The van der Waals surface area contributed by atoms with E-state index < -0.39 is 0 Å². The highest BCUT2D eigenvalue weighted by Gasteiger charge is 2.23. The number of hydrogen-bond acceptors (Lipinski definition) is 4. The van der Waals surface area contributed by atoms with Crippen molar-refractivity contribution >= 4 is 5.82 Å². The molecule has 0 spiro atoms. The Hall–Kier alpha value is -1.16. The zero-order valence-electron chi connectivity index (χ0n) is 11.3. The number of anilines is 1. The van der Waals surface area contributed by atoms with Crippen molar-refractivity contribution in [1.82, 2.24) is 9.97 Å². The van der Waals surface area contributed by atoms with Crippen LogP contribution in [-0.4, -0.2) is 34.3 Å². The van der Waals surface area contributed by atoms with E-state index >= 15 is 0 Å². The third-order valence-corrected chi connectivity index (χ3v) is 3.56. The molecule has 1 aromatic heterocycles. The number of rotatable bonds is 4. The predicted molar refractivity (Wildman–Crippen MR) is 72.8 cm³/mol. The summed E-state index contributed by atoms with van der Waals surface area (Å²) in [6.45, 7) is 5.52. The Kier molecular flexibility index (Phi) is 4.53. The molecule has 1 N–H and O–H groups in total. The van der Waals surface area contributed by atoms with Crippen LogP contribution in [0.1, 0.15) is 51.3 Å². The molecule has 0 aromatic carbocycles. The van der Waals surface area contributed by atoms with E-state index in [2.05, 4.69) is 28.7 Å². The van der Waals surface area contributed by atoms with E-state index in [0.717, 1.165) is 31.0 Å². The summed E-state index contributed by atoms with van der Waals surface area (Å²) in [6.07, 6.45) is 6.30. The standard InChI is InChI=1S/C14H23N3O/c1-11(2)14-15-8-6-13(16-14)17-9-4-3-5-12(17)7-10-18/h6,8,11-12,18H,3-5,7,9-10H2,1-2H3. The molecule has 1 saturated heterocycles. The number of aromatic nitrogens is 2. The van der Waals surface area contributed by atoms with Crippen LogP contribution in [0.2, 0.25) is 0 Å². The molecule has 1 atom stereocenters. The zero-order chi connectivity index (χ0) is 13.0. The van der Waals surface area contributed by atoms with Crippen molar-refractivity contribution in [3.63, 3.8) is 0 Å². The molecule has 2 heterocycles. The first-order valence-corrected chi connectivity index (χ1v) is 6.93. The van der Waals surface area contributed by atoms with Crippen molar-refractivity contribution in [3.8, 4) is 0 Å². The van der Waals surface area contributed by atoms with Crippen molar-refractivity contribution in [1.29, 1.82) is 0 Å². The molecular formula is C14H23N3O. The number of hydrogen-bond donors (Lipinski definition) is 1. The largest absolute Gasteiger partial charge is 0.396 e. The third kappa shape index (κ3) is 2.99. The van der Waals surface area contributed by atoms with Crippen molar-refractivity contribution < 1.29 is 5.11 Å². The van der Waals surface area contributed by atoms with Crippen LogP contribution in [0.4, 0.5) is 5.82 Å². The van der Waals surface area contributed by atoms with Crippen molar-refractivity contribution in [3.05, 3.63) is 18.1 Å². The summed E-state index contributed by atoms with van der Waals surface area (Å²) >= 11 is 0. The first-order chi connectivity index (χ1) is 8.72. The Morgan fingerprint density at radius 3 is 3.00 bits per heavy atom. The van der Waals surface area contributed by atoms with Crippen LogP contribution in [0.5, 0.6) is 0 Å². The highest BCUT2D eigenvalue weighted by Crippen LogP contribution is 2.25. The smallest absolute Gasteiger partial charge is 0.133 e. The van der Waals surface area contributed by atoms with E-state index in [4.69, 9.17) is 5.11 Å². The van der Waals surface area contributed by atoms with E-state index in [9.17, 15) is 0 Å². The summed E-state index contributed by atoms with van der Waals surface area (Å²) < 4.78 is 0. The van der Waals surface area contributed by atoms with Crippen molar-refractivity contribution in [2.24, 2.45) is 0 Å². The van der Waals surface area contributed by atoms with Gasteiger partial charge in [-0.15, -0.1) is 0 Å². The summed E-state index contributed by atoms with van der Waals surface area (Å²) in [6, 6.07) is 2.42. The Morgan fingerprint density at radius 1 is 1.44 bits per heavy atom. The van der Waals surface area contributed by atoms with E-state index in [0.29, 0.717) is 12.0 Å². The number of aliphatic hydroxyl groups excluding tert-OH is 1. The van der Waals surface area contributed by atoms with Gasteiger partial charge in [0, 0.05) is 31.3 Å². The van der Waals surface area contributed by atoms with Gasteiger partial charge in [0.2, 0.25) is 0 Å². The second kappa shape index (κ2) is 6.14. The van der Waals surface area contributed by atoms with Gasteiger partial charge in [-0.05, 0) is 31.7 Å². The highest BCUT2D eigenvalue weighted by atomic mass is 16.3. The van der Waals surface area contributed by atoms with E-state index in [1.54, 1.807) is 0 Å². The highest BCUT2D eigenvalue weighted by molar-refractivity contribution is 5.39. The van der Waals surface area contributed by atoms with Crippen molar-refractivity contribution in [2.75, 3.05) is 18.1 Å². The summed E-state index contributed by atoms with van der Waals surface area (Å²) in [7, 11) is 0. The first kappa shape index (κ1) is 13.3. The van der Waals surface area contributed by atoms with Crippen LogP contribution in [0.15, 0.2) is 12.3 Å². The minimum atomic E-state index is 0.253. The molecule has 18 heavy (non-hydrogen) atoms. The maximum atomic E-state index is 9.17. The number of aliphatic hydroxyl groups is 1. The van der Waals surface area contributed by atoms with Gasteiger partial charge in [0.1, 0.15) is 11.6 Å². The van der Waals surface area contributed by atoms with Crippen LogP contribution in [0.3, 0.4) is 0 Å². The first-order valence-electron chi connectivity index (χ1n) is 6.93. The minimum Gasteiger partial charge on any atom is -0.396 e. The van der Waals surface area contributed by atoms with Gasteiger partial charge in [0.25, 0.3) is 0 Å². The zero-order valence-corrected chi connectivity index (χ0v) is 11.3. The molecule has 2 rings (SSSR count). The maximum absolute atomic E-state index is 9.17. The molecule has 0 amide bonds. The molecule has 0 aliphatic carbocycles. The second-order valence-corrected chi connectivity index (χ2v) is 5.28. The predicted octanol–water partition coefficient (Wildman–Crippen LogP) is 2.34. The fourth-order valence-electron chi connectivity index (χ4n) is 2.55. The van der Waals surface area contributed by atoms with Crippen LogP contribution >= 0.6 is 0 Å². The Bertz CT molecular complexity index is 379. The summed E-state index contributed by atoms with van der Waals surface area (Å²) in [5, 5.41) is 9.17. The van der Waals surface area contributed by atoms with Gasteiger partial charge in [-0.1, -0.05) is 13.8 Å². The fraction of sp³-hybridized carbons (Fsp3) is 0.714. The molecule has 1 fully saturated rings.